The Morgan fingerprint density at radius 3 is 2.92 bits per heavy atom. The van der Waals surface area contributed by atoms with Crippen LogP contribution in [0.4, 0.5) is 4.39 Å². The molecule has 1 atom stereocenters. The SMILES string of the molecule is CCCCC(CN)NC(=O)c1cn(Cc2cccc(F)c2)nn1.Cl. The molecule has 2 rings (SSSR count). The van der Waals surface area contributed by atoms with E-state index >= 15 is 0 Å². The Kier molecular flexibility index (Phi) is 8.35. The normalized spacial score (nSPS) is 11.6. The van der Waals surface area contributed by atoms with E-state index in [2.05, 4.69) is 22.6 Å². The minimum atomic E-state index is -0.303. The Labute approximate surface area is 147 Å². The Hall–Kier alpha value is -1.99. The molecule has 0 aliphatic rings. The predicted octanol–water partition coefficient (Wildman–Crippen LogP) is 2.13. The fourth-order valence-electron chi connectivity index (χ4n) is 2.26. The molecule has 0 aliphatic heterocycles. The number of nitrogens with zero attached hydrogens (tertiary/aromatic N) is 3. The average molecular weight is 356 g/mol. The van der Waals surface area contributed by atoms with Crippen molar-refractivity contribution in [1.82, 2.24) is 20.3 Å². The molecular weight excluding hydrogens is 333 g/mol. The second-order valence-electron chi connectivity index (χ2n) is 5.48. The van der Waals surface area contributed by atoms with Crippen molar-refractivity contribution < 1.29 is 9.18 Å². The van der Waals surface area contributed by atoms with E-state index in [0.717, 1.165) is 24.8 Å². The van der Waals surface area contributed by atoms with Crippen LogP contribution < -0.4 is 11.1 Å². The second-order valence-corrected chi connectivity index (χ2v) is 5.48. The third-order valence-corrected chi connectivity index (χ3v) is 3.53. The van der Waals surface area contributed by atoms with E-state index in [1.165, 1.54) is 16.8 Å². The van der Waals surface area contributed by atoms with Crippen molar-refractivity contribution >= 4 is 18.3 Å². The summed E-state index contributed by atoms with van der Waals surface area (Å²) in [5, 5.41) is 10.6. The van der Waals surface area contributed by atoms with E-state index in [9.17, 15) is 9.18 Å². The minimum absolute atomic E-state index is 0. The van der Waals surface area contributed by atoms with Crippen LogP contribution in [-0.2, 0) is 6.54 Å². The van der Waals surface area contributed by atoms with Crippen molar-refractivity contribution in [3.63, 3.8) is 0 Å². The summed E-state index contributed by atoms with van der Waals surface area (Å²) in [7, 11) is 0. The number of rotatable bonds is 8. The molecule has 6 nitrogen and oxygen atoms in total. The van der Waals surface area contributed by atoms with Crippen molar-refractivity contribution in [2.24, 2.45) is 5.73 Å². The van der Waals surface area contributed by atoms with Gasteiger partial charge in [-0.2, -0.15) is 0 Å². The van der Waals surface area contributed by atoms with Crippen LogP contribution in [0.3, 0.4) is 0 Å². The van der Waals surface area contributed by atoms with Crippen LogP contribution >= 0.6 is 12.4 Å². The van der Waals surface area contributed by atoms with Gasteiger partial charge in [0.1, 0.15) is 5.82 Å². The lowest BCUT2D eigenvalue weighted by atomic mass is 10.1. The minimum Gasteiger partial charge on any atom is -0.347 e. The number of carbonyl (C=O) groups excluding carboxylic acids is 1. The molecule has 0 spiro atoms. The second kappa shape index (κ2) is 10.00. The fraction of sp³-hybridized carbons (Fsp3) is 0.438. The summed E-state index contributed by atoms with van der Waals surface area (Å²) in [6, 6.07) is 6.17. The monoisotopic (exact) mass is 355 g/mol. The molecular formula is C16H23ClFN5O. The average Bonchev–Trinajstić information content (AvgIpc) is 3.00. The zero-order valence-electron chi connectivity index (χ0n) is 13.6. The molecule has 0 radical (unpaired) electrons. The molecule has 0 saturated heterocycles. The number of hydrogen-bond acceptors (Lipinski definition) is 4. The zero-order chi connectivity index (χ0) is 16.7. The number of halogens is 2. The lowest BCUT2D eigenvalue weighted by Gasteiger charge is -2.15. The van der Waals surface area contributed by atoms with Gasteiger partial charge >= 0.3 is 0 Å². The van der Waals surface area contributed by atoms with Gasteiger partial charge < -0.3 is 11.1 Å². The van der Waals surface area contributed by atoms with E-state index in [1.54, 1.807) is 18.3 Å². The Morgan fingerprint density at radius 1 is 1.46 bits per heavy atom. The van der Waals surface area contributed by atoms with Gasteiger partial charge in [-0.3, -0.25) is 4.79 Å². The first-order valence-corrected chi connectivity index (χ1v) is 7.78. The lowest BCUT2D eigenvalue weighted by Crippen LogP contribution is -2.40. The topological polar surface area (TPSA) is 85.8 Å². The maximum atomic E-state index is 13.2. The molecule has 0 saturated carbocycles. The first-order chi connectivity index (χ1) is 11.1. The maximum absolute atomic E-state index is 13.2. The van der Waals surface area contributed by atoms with E-state index in [4.69, 9.17) is 5.73 Å². The predicted molar refractivity (Wildman–Crippen MR) is 92.6 cm³/mol. The fourth-order valence-corrected chi connectivity index (χ4v) is 2.26. The van der Waals surface area contributed by atoms with E-state index in [1.807, 2.05) is 0 Å². The summed E-state index contributed by atoms with van der Waals surface area (Å²) in [5.74, 6) is -0.593. The van der Waals surface area contributed by atoms with Crippen molar-refractivity contribution in [2.45, 2.75) is 38.8 Å². The van der Waals surface area contributed by atoms with Crippen LogP contribution in [0.5, 0.6) is 0 Å². The quantitative estimate of drug-likeness (QED) is 0.759. The molecule has 132 valence electrons. The lowest BCUT2D eigenvalue weighted by molar-refractivity contribution is 0.0930. The Bertz CT molecular complexity index is 649. The van der Waals surface area contributed by atoms with Gasteiger partial charge in [0.05, 0.1) is 12.7 Å². The summed E-state index contributed by atoms with van der Waals surface area (Å²) in [6.07, 6.45) is 4.45. The standard InChI is InChI=1S/C16H22FN5O.ClH/c1-2-3-7-14(9-18)19-16(23)15-11-22(21-20-15)10-12-5-4-6-13(17)8-12;/h4-6,8,11,14H,2-3,7,9-10,18H2,1H3,(H,19,23);1H. The van der Waals surface area contributed by atoms with Crippen LogP contribution in [0.25, 0.3) is 0 Å². The highest BCUT2D eigenvalue weighted by Gasteiger charge is 2.15. The van der Waals surface area contributed by atoms with Crippen molar-refractivity contribution in [3.05, 3.63) is 47.5 Å². The van der Waals surface area contributed by atoms with Gasteiger partial charge in [-0.05, 0) is 24.1 Å². The highest BCUT2D eigenvalue weighted by molar-refractivity contribution is 5.92. The first kappa shape index (κ1) is 20.1. The summed E-state index contributed by atoms with van der Waals surface area (Å²) in [5.41, 5.74) is 6.66. The van der Waals surface area contributed by atoms with Gasteiger partial charge in [-0.15, -0.1) is 17.5 Å². The van der Waals surface area contributed by atoms with Gasteiger partial charge in [0, 0.05) is 12.6 Å². The third kappa shape index (κ3) is 5.90. The third-order valence-electron chi connectivity index (χ3n) is 3.53. The number of hydrogen-bond donors (Lipinski definition) is 2. The number of nitrogens with one attached hydrogen (secondary N) is 1. The van der Waals surface area contributed by atoms with E-state index in [0.29, 0.717) is 13.1 Å². The van der Waals surface area contributed by atoms with Gasteiger partial charge in [0.15, 0.2) is 5.69 Å². The Morgan fingerprint density at radius 2 is 2.25 bits per heavy atom. The van der Waals surface area contributed by atoms with Gasteiger partial charge in [0.25, 0.3) is 5.91 Å². The molecule has 1 aromatic heterocycles. The van der Waals surface area contributed by atoms with Gasteiger partial charge in [0.2, 0.25) is 0 Å². The number of aromatic nitrogens is 3. The summed E-state index contributed by atoms with van der Waals surface area (Å²) in [4.78, 5) is 12.2. The van der Waals surface area contributed by atoms with Crippen LogP contribution in [0.1, 0.15) is 42.2 Å². The number of nitrogens with two attached hydrogens (primary N) is 1. The number of benzene rings is 1. The van der Waals surface area contributed by atoms with Crippen molar-refractivity contribution in [3.8, 4) is 0 Å². The molecule has 24 heavy (non-hydrogen) atoms. The number of unbranched alkanes of at least 4 members (excludes halogenated alkanes) is 1. The first-order valence-electron chi connectivity index (χ1n) is 7.78. The smallest absolute Gasteiger partial charge is 0.273 e. The van der Waals surface area contributed by atoms with Crippen LogP contribution in [-0.4, -0.2) is 33.5 Å². The molecule has 2 aromatic rings. The highest BCUT2D eigenvalue weighted by Crippen LogP contribution is 2.06. The van der Waals surface area contributed by atoms with E-state index < -0.39 is 0 Å². The van der Waals surface area contributed by atoms with E-state index in [-0.39, 0.29) is 35.9 Å². The largest absolute Gasteiger partial charge is 0.347 e. The maximum Gasteiger partial charge on any atom is 0.273 e. The Balaban J connectivity index is 0.00000288. The molecule has 8 heteroatoms. The van der Waals surface area contributed by atoms with Gasteiger partial charge in [-0.25, -0.2) is 9.07 Å². The molecule has 3 N–H and O–H groups in total. The number of carbonyl (C=O) groups is 1. The van der Waals surface area contributed by atoms with Crippen molar-refractivity contribution in [1.29, 1.82) is 0 Å². The van der Waals surface area contributed by atoms with Crippen LogP contribution in [0, 0.1) is 5.82 Å². The molecule has 1 amide bonds. The summed E-state index contributed by atoms with van der Waals surface area (Å²) in [6.45, 7) is 2.84. The highest BCUT2D eigenvalue weighted by atomic mass is 35.5. The van der Waals surface area contributed by atoms with Crippen LogP contribution in [0.2, 0.25) is 0 Å². The zero-order valence-corrected chi connectivity index (χ0v) is 14.4. The molecule has 0 fully saturated rings. The van der Waals surface area contributed by atoms with Crippen molar-refractivity contribution in [2.75, 3.05) is 6.54 Å². The number of amides is 1. The summed E-state index contributed by atoms with van der Waals surface area (Å²) >= 11 is 0. The molecule has 0 aliphatic carbocycles. The van der Waals surface area contributed by atoms with Gasteiger partial charge in [-0.1, -0.05) is 37.1 Å². The molecule has 1 unspecified atom stereocenters. The molecule has 0 bridgehead atoms. The van der Waals surface area contributed by atoms with Crippen LogP contribution in [0.15, 0.2) is 30.5 Å². The molecule has 1 aromatic carbocycles. The molecule has 1 heterocycles. The summed E-state index contributed by atoms with van der Waals surface area (Å²) < 4.78 is 14.7.